The topological polar surface area (TPSA) is 15.6 Å². The number of benzene rings is 1. The van der Waals surface area contributed by atoms with E-state index in [9.17, 15) is 0 Å². The highest BCUT2D eigenvalue weighted by atomic mass is 35.5. The van der Waals surface area contributed by atoms with E-state index in [1.807, 2.05) is 18.2 Å². The van der Waals surface area contributed by atoms with E-state index in [-0.39, 0.29) is 12.4 Å². The summed E-state index contributed by atoms with van der Waals surface area (Å²) in [4.78, 5) is 7.32. The number of amidine groups is 1. The van der Waals surface area contributed by atoms with E-state index in [0.29, 0.717) is 6.04 Å². The summed E-state index contributed by atoms with van der Waals surface area (Å²) in [5, 5.41) is 2.69. The monoisotopic (exact) mass is 391 g/mol. The number of thioether (sulfide) groups is 1. The largest absolute Gasteiger partial charge is 1.00 e. The van der Waals surface area contributed by atoms with Crippen molar-refractivity contribution in [3.05, 3.63) is 33.8 Å². The summed E-state index contributed by atoms with van der Waals surface area (Å²) in [6, 6.07) is 6.39. The van der Waals surface area contributed by atoms with Gasteiger partial charge in [-0.1, -0.05) is 60.3 Å². The molecule has 1 fully saturated rings. The lowest BCUT2D eigenvalue weighted by molar-refractivity contribution is -0.00000442. The lowest BCUT2D eigenvalue weighted by Crippen LogP contribution is -3.00. The van der Waals surface area contributed by atoms with E-state index < -0.39 is 0 Å². The smallest absolute Gasteiger partial charge is 0.159 e. The maximum atomic E-state index is 6.28. The molecule has 3 rings (SSSR count). The quantitative estimate of drug-likeness (QED) is 0.786. The number of aliphatic imine (C=N–C) groups is 1. The fourth-order valence-corrected chi connectivity index (χ4v) is 5.13. The SMILES string of the molecule is Clc1cccc(Cl)c1CSC1=NCCCN1C1CCCCC1.[Cl-]. The Bertz CT molecular complexity index is 524. The van der Waals surface area contributed by atoms with Gasteiger partial charge < -0.3 is 17.3 Å². The standard InChI is InChI=1S/C17H22Cl2N2S.ClH/c18-15-8-4-9-16(19)14(15)12-22-17-20-10-5-11-21(17)13-6-2-1-3-7-13;/h4,8-9,13H,1-3,5-7,10-12H2;1H/p-1. The van der Waals surface area contributed by atoms with Crippen LogP contribution in [-0.2, 0) is 5.75 Å². The van der Waals surface area contributed by atoms with Gasteiger partial charge in [0.25, 0.3) is 0 Å². The predicted molar refractivity (Wildman–Crippen MR) is 98.3 cm³/mol. The van der Waals surface area contributed by atoms with Crippen LogP contribution in [-0.4, -0.2) is 29.2 Å². The molecule has 0 aromatic heterocycles. The first-order chi connectivity index (χ1) is 10.8. The molecule has 0 bridgehead atoms. The number of nitrogens with zero attached hydrogens (tertiary/aromatic N) is 2. The average Bonchev–Trinajstić information content (AvgIpc) is 2.56. The van der Waals surface area contributed by atoms with Gasteiger partial charge in [0, 0.05) is 34.9 Å². The zero-order chi connectivity index (χ0) is 15.4. The molecule has 1 aliphatic carbocycles. The second-order valence-corrected chi connectivity index (χ2v) is 7.75. The summed E-state index contributed by atoms with van der Waals surface area (Å²) in [6.45, 7) is 2.09. The minimum Gasteiger partial charge on any atom is -1.00 e. The number of rotatable bonds is 3. The maximum absolute atomic E-state index is 6.28. The number of halogens is 3. The summed E-state index contributed by atoms with van der Waals surface area (Å²) in [5.74, 6) is 0.792. The highest BCUT2D eigenvalue weighted by Gasteiger charge is 2.26. The van der Waals surface area contributed by atoms with Crippen LogP contribution in [0.2, 0.25) is 10.0 Å². The first kappa shape index (κ1) is 19.2. The van der Waals surface area contributed by atoms with Gasteiger partial charge in [0.2, 0.25) is 0 Å². The third-order valence-corrected chi connectivity index (χ3v) is 6.24. The van der Waals surface area contributed by atoms with Crippen LogP contribution in [0.4, 0.5) is 0 Å². The minimum absolute atomic E-state index is 0. The van der Waals surface area contributed by atoms with Gasteiger partial charge in [0.15, 0.2) is 5.17 Å². The van der Waals surface area contributed by atoms with E-state index in [1.165, 1.54) is 43.7 Å². The van der Waals surface area contributed by atoms with E-state index in [0.717, 1.165) is 34.5 Å². The zero-order valence-electron chi connectivity index (χ0n) is 13.1. The molecule has 2 aliphatic rings. The second kappa shape index (κ2) is 9.41. The van der Waals surface area contributed by atoms with Gasteiger partial charge in [-0.15, -0.1) is 0 Å². The summed E-state index contributed by atoms with van der Waals surface area (Å²) < 4.78 is 0. The Kier molecular flexibility index (Phi) is 7.87. The van der Waals surface area contributed by atoms with E-state index in [2.05, 4.69) is 4.90 Å². The fraction of sp³-hybridized carbons (Fsp3) is 0.588. The van der Waals surface area contributed by atoms with Crippen LogP contribution in [0.5, 0.6) is 0 Å². The third-order valence-electron chi connectivity index (χ3n) is 4.47. The zero-order valence-corrected chi connectivity index (χ0v) is 16.2. The number of hydrogen-bond acceptors (Lipinski definition) is 3. The lowest BCUT2D eigenvalue weighted by atomic mass is 9.94. The number of hydrogen-bond donors (Lipinski definition) is 0. The highest BCUT2D eigenvalue weighted by Crippen LogP contribution is 2.32. The minimum atomic E-state index is 0. The Labute approximate surface area is 159 Å². The van der Waals surface area contributed by atoms with Crippen LogP contribution in [0, 0.1) is 0 Å². The van der Waals surface area contributed by atoms with Crippen molar-refractivity contribution in [1.82, 2.24) is 4.90 Å². The Morgan fingerprint density at radius 1 is 1.09 bits per heavy atom. The molecule has 1 aliphatic heterocycles. The molecular weight excluding hydrogens is 371 g/mol. The first-order valence-electron chi connectivity index (χ1n) is 8.12. The second-order valence-electron chi connectivity index (χ2n) is 5.99. The Morgan fingerprint density at radius 2 is 1.78 bits per heavy atom. The molecule has 0 amide bonds. The van der Waals surface area contributed by atoms with Crippen molar-refractivity contribution in [3.63, 3.8) is 0 Å². The third kappa shape index (κ3) is 4.94. The van der Waals surface area contributed by atoms with Crippen molar-refractivity contribution in [3.8, 4) is 0 Å². The molecule has 128 valence electrons. The molecule has 0 N–H and O–H groups in total. The van der Waals surface area contributed by atoms with Gasteiger partial charge in [0.05, 0.1) is 0 Å². The molecule has 2 nitrogen and oxygen atoms in total. The molecule has 0 spiro atoms. The lowest BCUT2D eigenvalue weighted by Gasteiger charge is -2.38. The molecule has 0 radical (unpaired) electrons. The van der Waals surface area contributed by atoms with Crippen LogP contribution in [0.1, 0.15) is 44.1 Å². The fourth-order valence-electron chi connectivity index (χ4n) is 3.27. The Hall–Kier alpha value is -0.0900. The van der Waals surface area contributed by atoms with Crippen LogP contribution in [0.15, 0.2) is 23.2 Å². The maximum Gasteiger partial charge on any atom is 0.159 e. The van der Waals surface area contributed by atoms with Crippen molar-refractivity contribution < 1.29 is 12.4 Å². The average molecular weight is 393 g/mol. The molecule has 1 saturated carbocycles. The molecule has 1 aromatic carbocycles. The van der Waals surface area contributed by atoms with Crippen molar-refractivity contribution in [2.45, 2.75) is 50.3 Å². The highest BCUT2D eigenvalue weighted by molar-refractivity contribution is 8.13. The first-order valence-corrected chi connectivity index (χ1v) is 9.86. The molecule has 0 saturated heterocycles. The molecule has 0 atom stereocenters. The van der Waals surface area contributed by atoms with Gasteiger partial charge >= 0.3 is 0 Å². The van der Waals surface area contributed by atoms with Crippen molar-refractivity contribution >= 4 is 40.1 Å². The molecule has 1 aromatic rings. The van der Waals surface area contributed by atoms with Gasteiger partial charge in [-0.3, -0.25) is 4.99 Å². The molecule has 6 heteroatoms. The van der Waals surface area contributed by atoms with Gasteiger partial charge in [-0.25, -0.2) is 0 Å². The van der Waals surface area contributed by atoms with Crippen LogP contribution in [0.25, 0.3) is 0 Å². The summed E-state index contributed by atoms with van der Waals surface area (Å²) in [6.07, 6.45) is 7.90. The molecule has 1 heterocycles. The van der Waals surface area contributed by atoms with Gasteiger partial charge in [0.1, 0.15) is 0 Å². The van der Waals surface area contributed by atoms with Crippen LogP contribution in [0.3, 0.4) is 0 Å². The summed E-state index contributed by atoms with van der Waals surface area (Å²) in [5.41, 5.74) is 1.02. The Morgan fingerprint density at radius 3 is 2.48 bits per heavy atom. The predicted octanol–water partition coefficient (Wildman–Crippen LogP) is 2.63. The van der Waals surface area contributed by atoms with Crippen molar-refractivity contribution in [2.75, 3.05) is 13.1 Å². The van der Waals surface area contributed by atoms with Crippen molar-refractivity contribution in [2.24, 2.45) is 4.99 Å². The van der Waals surface area contributed by atoms with E-state index in [4.69, 9.17) is 28.2 Å². The van der Waals surface area contributed by atoms with E-state index >= 15 is 0 Å². The summed E-state index contributed by atoms with van der Waals surface area (Å²) in [7, 11) is 0. The van der Waals surface area contributed by atoms with E-state index in [1.54, 1.807) is 11.8 Å². The molecular formula is C17H22Cl3N2S-. The Balaban J connectivity index is 0.00000192. The van der Waals surface area contributed by atoms with Gasteiger partial charge in [-0.2, -0.15) is 0 Å². The normalized spacial score (nSPS) is 19.2. The van der Waals surface area contributed by atoms with Gasteiger partial charge in [-0.05, 0) is 37.0 Å². The van der Waals surface area contributed by atoms with Crippen LogP contribution >= 0.6 is 35.0 Å². The summed E-state index contributed by atoms with van der Waals surface area (Å²) >= 11 is 14.3. The van der Waals surface area contributed by atoms with Crippen molar-refractivity contribution in [1.29, 1.82) is 0 Å². The van der Waals surface area contributed by atoms with Crippen LogP contribution < -0.4 is 12.4 Å². The molecule has 0 unspecified atom stereocenters. The molecule has 23 heavy (non-hydrogen) atoms.